The Hall–Kier alpha value is -4.15. The van der Waals surface area contributed by atoms with Crippen molar-refractivity contribution in [1.82, 2.24) is 9.80 Å². The summed E-state index contributed by atoms with van der Waals surface area (Å²) in [5, 5.41) is 0. The van der Waals surface area contributed by atoms with E-state index in [1.807, 2.05) is 17.2 Å². The third kappa shape index (κ3) is 6.83. The summed E-state index contributed by atoms with van der Waals surface area (Å²) in [7, 11) is 3.14. The van der Waals surface area contributed by atoms with Crippen LogP contribution in [0, 0.1) is 0 Å². The van der Waals surface area contributed by atoms with Crippen molar-refractivity contribution in [1.29, 1.82) is 0 Å². The Morgan fingerprint density at radius 3 is 1.80 bits per heavy atom. The average molecular weight is 635 g/mol. The van der Waals surface area contributed by atoms with Crippen LogP contribution in [0.2, 0.25) is 0 Å². The van der Waals surface area contributed by atoms with Crippen molar-refractivity contribution in [2.75, 3.05) is 40.5 Å². The van der Waals surface area contributed by atoms with E-state index < -0.39 is 6.17 Å². The number of hydrogen-bond acceptors (Lipinski definition) is 8. The lowest BCUT2D eigenvalue weighted by atomic mass is 10.1. The van der Waals surface area contributed by atoms with Gasteiger partial charge in [0.05, 0.1) is 68.6 Å². The van der Waals surface area contributed by atoms with E-state index in [0.29, 0.717) is 58.7 Å². The van der Waals surface area contributed by atoms with Gasteiger partial charge in [-0.2, -0.15) is 0 Å². The summed E-state index contributed by atoms with van der Waals surface area (Å²) in [6.45, 7) is 1.96. The van der Waals surface area contributed by atoms with E-state index in [-0.39, 0.29) is 36.9 Å². The summed E-state index contributed by atoms with van der Waals surface area (Å²) in [5.74, 6) is 1.99. The first-order chi connectivity index (χ1) is 22.5. The summed E-state index contributed by atoms with van der Waals surface area (Å²) in [5.41, 5.74) is 2.14. The number of unbranched alkanes of at least 4 members (excludes halogenated alkanes) is 6. The minimum absolute atomic E-state index is 0.00662. The third-order valence-corrected chi connectivity index (χ3v) is 9.21. The van der Waals surface area contributed by atoms with Crippen LogP contribution in [0.3, 0.4) is 0 Å². The number of alkyl halides is 1. The molecule has 0 aliphatic carbocycles. The monoisotopic (exact) mass is 634 g/mol. The standard InChI is InChI=1S/C35H43FN4O6/c1-43-30-16-26-28(37-20-24-11-10-12-39(24)34(26)41)18-32(30)45-13-8-6-4-3-5-7-9-14-46-33-19-29-27(17-31(33)44-2)35(42)40-22-23(36)15-25(40)21-38-29/h16-21,23-25H,3-15,22H2,1-2H3/t23?,24-,25?/m0/s1. The summed E-state index contributed by atoms with van der Waals surface area (Å²) < 4.78 is 37.0. The Labute approximate surface area is 269 Å². The van der Waals surface area contributed by atoms with Crippen LogP contribution in [-0.4, -0.2) is 92.8 Å². The SMILES string of the molecule is COc1cc2c(cc1OCCCCCCCCCOc1cc3c(cc1OC)C(=O)N1CCC[C@H]1C=N3)N=CC1CC(F)CN1C2=O. The number of halogens is 1. The molecular weight excluding hydrogens is 591 g/mol. The van der Waals surface area contributed by atoms with Crippen LogP contribution >= 0.6 is 0 Å². The van der Waals surface area contributed by atoms with Gasteiger partial charge in [0.15, 0.2) is 23.0 Å². The zero-order valence-electron chi connectivity index (χ0n) is 26.7. The molecule has 2 aromatic carbocycles. The maximum absolute atomic E-state index is 13.9. The maximum atomic E-state index is 13.9. The summed E-state index contributed by atoms with van der Waals surface area (Å²) in [6.07, 6.45) is 12.1. The molecule has 0 bridgehead atoms. The second-order valence-corrected chi connectivity index (χ2v) is 12.3. The number of nitrogens with zero attached hydrogens (tertiary/aromatic N) is 4. The number of carbonyl (C=O) groups excluding carboxylic acids is 2. The van der Waals surface area contributed by atoms with Crippen LogP contribution < -0.4 is 18.9 Å². The second kappa shape index (κ2) is 14.5. The van der Waals surface area contributed by atoms with E-state index in [9.17, 15) is 14.0 Å². The lowest BCUT2D eigenvalue weighted by Crippen LogP contribution is -2.35. The Bertz CT molecular complexity index is 1500. The zero-order chi connectivity index (χ0) is 32.0. The molecule has 4 aliphatic rings. The van der Waals surface area contributed by atoms with Crippen LogP contribution in [0.25, 0.3) is 0 Å². The fourth-order valence-electron chi connectivity index (χ4n) is 6.68. The van der Waals surface area contributed by atoms with Gasteiger partial charge in [0.25, 0.3) is 11.8 Å². The fraction of sp³-hybridized carbons (Fsp3) is 0.543. The van der Waals surface area contributed by atoms with E-state index >= 15 is 0 Å². The minimum Gasteiger partial charge on any atom is -0.493 e. The van der Waals surface area contributed by atoms with Gasteiger partial charge < -0.3 is 28.7 Å². The van der Waals surface area contributed by atoms with Crippen LogP contribution in [0.5, 0.6) is 23.0 Å². The predicted molar refractivity (Wildman–Crippen MR) is 174 cm³/mol. The molecule has 6 rings (SSSR count). The number of rotatable bonds is 14. The molecule has 4 aliphatic heterocycles. The summed E-state index contributed by atoms with van der Waals surface area (Å²) >= 11 is 0. The van der Waals surface area contributed by atoms with Crippen LogP contribution in [-0.2, 0) is 0 Å². The van der Waals surface area contributed by atoms with E-state index in [1.165, 1.54) is 0 Å². The zero-order valence-corrected chi connectivity index (χ0v) is 26.7. The lowest BCUT2D eigenvalue weighted by molar-refractivity contribution is 0.0761. The smallest absolute Gasteiger partial charge is 0.256 e. The molecule has 0 N–H and O–H groups in total. The third-order valence-electron chi connectivity index (χ3n) is 9.21. The molecule has 2 saturated heterocycles. The molecule has 4 heterocycles. The quantitative estimate of drug-likeness (QED) is 0.221. The molecule has 3 atom stereocenters. The van der Waals surface area contributed by atoms with Gasteiger partial charge in [0.1, 0.15) is 6.17 Å². The van der Waals surface area contributed by atoms with Gasteiger partial charge in [-0.3, -0.25) is 19.6 Å². The van der Waals surface area contributed by atoms with Crippen molar-refractivity contribution in [3.63, 3.8) is 0 Å². The second-order valence-electron chi connectivity index (χ2n) is 12.3. The molecule has 11 heteroatoms. The first-order valence-electron chi connectivity index (χ1n) is 16.5. The van der Waals surface area contributed by atoms with Gasteiger partial charge in [-0.1, -0.05) is 32.1 Å². The number of methoxy groups -OCH3 is 2. The van der Waals surface area contributed by atoms with E-state index in [0.717, 1.165) is 64.3 Å². The molecule has 246 valence electrons. The van der Waals surface area contributed by atoms with Crippen LogP contribution in [0.15, 0.2) is 34.3 Å². The molecule has 0 aromatic heterocycles. The molecule has 2 aromatic rings. The van der Waals surface area contributed by atoms with Crippen molar-refractivity contribution in [3.05, 3.63) is 35.4 Å². The number of amides is 2. The normalized spacial score (nSPS) is 21.3. The Balaban J connectivity index is 0.890. The van der Waals surface area contributed by atoms with Gasteiger partial charge in [0.2, 0.25) is 0 Å². The lowest BCUT2D eigenvalue weighted by Gasteiger charge is -2.20. The van der Waals surface area contributed by atoms with Crippen molar-refractivity contribution in [3.8, 4) is 23.0 Å². The molecule has 0 spiro atoms. The largest absolute Gasteiger partial charge is 0.493 e. The number of ether oxygens (including phenoxy) is 4. The van der Waals surface area contributed by atoms with Crippen molar-refractivity contribution < 1.29 is 32.9 Å². The molecule has 2 fully saturated rings. The molecule has 2 amide bonds. The molecule has 10 nitrogen and oxygen atoms in total. The first kappa shape index (κ1) is 31.8. The van der Waals surface area contributed by atoms with Gasteiger partial charge in [0, 0.05) is 37.5 Å². The van der Waals surface area contributed by atoms with E-state index in [2.05, 4.69) is 9.98 Å². The Kier molecular flexibility index (Phi) is 10.0. The molecule has 46 heavy (non-hydrogen) atoms. The highest BCUT2D eigenvalue weighted by atomic mass is 19.1. The highest BCUT2D eigenvalue weighted by Gasteiger charge is 2.38. The summed E-state index contributed by atoms with van der Waals surface area (Å²) in [6, 6.07) is 6.74. The van der Waals surface area contributed by atoms with Gasteiger partial charge >= 0.3 is 0 Å². The minimum atomic E-state index is -1.02. The van der Waals surface area contributed by atoms with Crippen molar-refractivity contribution >= 4 is 35.6 Å². The highest BCUT2D eigenvalue weighted by molar-refractivity contribution is 6.04. The molecular formula is C35H43FN4O6. The molecule has 0 radical (unpaired) electrons. The van der Waals surface area contributed by atoms with E-state index in [4.69, 9.17) is 18.9 Å². The van der Waals surface area contributed by atoms with Crippen LogP contribution in [0.4, 0.5) is 15.8 Å². The average Bonchev–Trinajstić information content (AvgIpc) is 3.64. The van der Waals surface area contributed by atoms with Gasteiger partial charge in [-0.15, -0.1) is 0 Å². The highest BCUT2D eigenvalue weighted by Crippen LogP contribution is 2.39. The number of benzene rings is 2. The van der Waals surface area contributed by atoms with Crippen molar-refractivity contribution in [2.45, 2.75) is 82.5 Å². The van der Waals surface area contributed by atoms with Gasteiger partial charge in [-0.25, -0.2) is 4.39 Å². The number of aliphatic imine (C=N–C) groups is 2. The fourth-order valence-corrected chi connectivity index (χ4v) is 6.68. The molecule has 2 unspecified atom stereocenters. The van der Waals surface area contributed by atoms with Crippen LogP contribution in [0.1, 0.15) is 84.9 Å². The van der Waals surface area contributed by atoms with E-state index in [1.54, 1.807) is 43.5 Å². The topological polar surface area (TPSA) is 102 Å². The predicted octanol–water partition coefficient (Wildman–Crippen LogP) is 6.48. The molecule has 0 saturated carbocycles. The Morgan fingerprint density at radius 2 is 1.24 bits per heavy atom. The maximum Gasteiger partial charge on any atom is 0.256 e. The number of hydrogen-bond donors (Lipinski definition) is 0. The Morgan fingerprint density at radius 1 is 0.717 bits per heavy atom. The number of carbonyl (C=O) groups is 2. The first-order valence-corrected chi connectivity index (χ1v) is 16.5. The van der Waals surface area contributed by atoms with Gasteiger partial charge in [-0.05, 0) is 37.8 Å². The number of fused-ring (bicyclic) bond motifs is 4. The summed E-state index contributed by atoms with van der Waals surface area (Å²) in [4.78, 5) is 38.6. The van der Waals surface area contributed by atoms with Crippen molar-refractivity contribution in [2.24, 2.45) is 9.98 Å².